The lowest BCUT2D eigenvalue weighted by Gasteiger charge is -2.09. The Kier molecular flexibility index (Phi) is 5.88. The van der Waals surface area contributed by atoms with E-state index in [2.05, 4.69) is 10.6 Å². The van der Waals surface area contributed by atoms with Crippen molar-refractivity contribution in [3.8, 4) is 0 Å². The second-order valence-corrected chi connectivity index (χ2v) is 5.62. The summed E-state index contributed by atoms with van der Waals surface area (Å²) in [5.41, 5.74) is 1.47. The van der Waals surface area contributed by atoms with E-state index in [0.29, 0.717) is 27.3 Å². The van der Waals surface area contributed by atoms with Crippen molar-refractivity contribution in [3.05, 3.63) is 63.1 Å². The van der Waals surface area contributed by atoms with E-state index in [9.17, 15) is 4.79 Å². The predicted molar refractivity (Wildman–Crippen MR) is 88.3 cm³/mol. The van der Waals surface area contributed by atoms with Crippen LogP contribution >= 0.6 is 34.8 Å². The zero-order valence-corrected chi connectivity index (χ0v) is 13.3. The summed E-state index contributed by atoms with van der Waals surface area (Å²) in [5.74, 6) is -0.189. The molecular formula is C15H13Cl3N2O. The molecule has 110 valence electrons. The smallest absolute Gasteiger partial charge is 0.238 e. The number of nitrogens with one attached hydrogen (secondary N) is 2. The van der Waals surface area contributed by atoms with E-state index >= 15 is 0 Å². The molecule has 0 heterocycles. The van der Waals surface area contributed by atoms with Gasteiger partial charge in [-0.25, -0.2) is 0 Å². The molecule has 2 aromatic carbocycles. The first-order valence-electron chi connectivity index (χ1n) is 6.25. The van der Waals surface area contributed by atoms with E-state index in [1.54, 1.807) is 18.2 Å². The summed E-state index contributed by atoms with van der Waals surface area (Å²) < 4.78 is 0. The molecule has 0 spiro atoms. The lowest BCUT2D eigenvalue weighted by atomic mass is 10.2. The number of benzene rings is 2. The molecule has 0 atom stereocenters. The van der Waals surface area contributed by atoms with E-state index in [4.69, 9.17) is 34.8 Å². The van der Waals surface area contributed by atoms with Crippen LogP contribution in [0.4, 0.5) is 5.69 Å². The van der Waals surface area contributed by atoms with Gasteiger partial charge in [0.1, 0.15) is 0 Å². The Morgan fingerprint density at radius 1 is 1.00 bits per heavy atom. The summed E-state index contributed by atoms with van der Waals surface area (Å²) >= 11 is 17.8. The number of halogens is 3. The highest BCUT2D eigenvalue weighted by Gasteiger charge is 2.06. The lowest BCUT2D eigenvalue weighted by Crippen LogP contribution is -2.27. The van der Waals surface area contributed by atoms with Crippen molar-refractivity contribution < 1.29 is 4.79 Å². The lowest BCUT2D eigenvalue weighted by molar-refractivity contribution is -0.115. The van der Waals surface area contributed by atoms with Gasteiger partial charge in [0.05, 0.1) is 17.3 Å². The van der Waals surface area contributed by atoms with Crippen molar-refractivity contribution in [2.24, 2.45) is 0 Å². The average molecular weight is 344 g/mol. The SMILES string of the molecule is O=C(CNCc1ccccc1Cl)Nc1ccc(Cl)cc1Cl. The molecule has 2 N–H and O–H groups in total. The molecule has 0 saturated heterocycles. The normalized spacial score (nSPS) is 10.4. The van der Waals surface area contributed by atoms with Gasteiger partial charge in [0.2, 0.25) is 5.91 Å². The largest absolute Gasteiger partial charge is 0.324 e. The van der Waals surface area contributed by atoms with Gasteiger partial charge < -0.3 is 10.6 Å². The second-order valence-electron chi connectivity index (χ2n) is 4.37. The van der Waals surface area contributed by atoms with Crippen LogP contribution in [0.2, 0.25) is 15.1 Å². The first kappa shape index (κ1) is 16.1. The standard InChI is InChI=1S/C15H13Cl3N2O/c16-11-5-6-14(13(18)7-11)20-15(21)9-19-8-10-3-1-2-4-12(10)17/h1-7,19H,8-9H2,(H,20,21). The first-order valence-corrected chi connectivity index (χ1v) is 7.38. The van der Waals surface area contributed by atoms with Gasteiger partial charge in [-0.3, -0.25) is 4.79 Å². The molecule has 6 heteroatoms. The van der Waals surface area contributed by atoms with Crippen molar-refractivity contribution >= 4 is 46.4 Å². The highest BCUT2D eigenvalue weighted by Crippen LogP contribution is 2.25. The highest BCUT2D eigenvalue weighted by atomic mass is 35.5. The highest BCUT2D eigenvalue weighted by molar-refractivity contribution is 6.36. The summed E-state index contributed by atoms with van der Waals surface area (Å²) in [7, 11) is 0. The summed E-state index contributed by atoms with van der Waals surface area (Å²) in [6, 6.07) is 12.4. The third-order valence-corrected chi connectivity index (χ3v) is 3.68. The molecule has 0 radical (unpaired) electrons. The third kappa shape index (κ3) is 4.90. The van der Waals surface area contributed by atoms with Crippen LogP contribution in [-0.2, 0) is 11.3 Å². The third-order valence-electron chi connectivity index (χ3n) is 2.76. The van der Waals surface area contributed by atoms with Crippen LogP contribution in [0.3, 0.4) is 0 Å². The molecule has 2 aromatic rings. The van der Waals surface area contributed by atoms with Crippen LogP contribution in [0.5, 0.6) is 0 Å². The van der Waals surface area contributed by atoms with Crippen LogP contribution in [0.1, 0.15) is 5.56 Å². The molecule has 0 bridgehead atoms. The number of hydrogen-bond donors (Lipinski definition) is 2. The van der Waals surface area contributed by atoms with E-state index < -0.39 is 0 Å². The molecular weight excluding hydrogens is 331 g/mol. The zero-order chi connectivity index (χ0) is 15.2. The minimum absolute atomic E-state index is 0.157. The van der Waals surface area contributed by atoms with E-state index in [1.165, 1.54) is 0 Å². The summed E-state index contributed by atoms with van der Waals surface area (Å²) in [6.07, 6.45) is 0. The van der Waals surface area contributed by atoms with Crippen LogP contribution < -0.4 is 10.6 Å². The minimum Gasteiger partial charge on any atom is -0.324 e. The molecule has 3 nitrogen and oxygen atoms in total. The quantitative estimate of drug-likeness (QED) is 0.846. The Morgan fingerprint density at radius 3 is 2.48 bits per heavy atom. The second kappa shape index (κ2) is 7.66. The molecule has 0 fully saturated rings. The van der Waals surface area contributed by atoms with Gasteiger partial charge in [-0.2, -0.15) is 0 Å². The molecule has 0 aliphatic rings. The maximum atomic E-state index is 11.8. The van der Waals surface area contributed by atoms with Gasteiger partial charge >= 0.3 is 0 Å². The Bertz CT molecular complexity index is 647. The van der Waals surface area contributed by atoms with Gasteiger partial charge in [-0.05, 0) is 29.8 Å². The molecule has 0 aliphatic carbocycles. The van der Waals surface area contributed by atoms with Crippen LogP contribution in [0, 0.1) is 0 Å². The fourth-order valence-electron chi connectivity index (χ4n) is 1.74. The van der Waals surface area contributed by atoms with Gasteiger partial charge in [0.25, 0.3) is 0 Å². The number of anilines is 1. The van der Waals surface area contributed by atoms with Crippen molar-refractivity contribution in [3.63, 3.8) is 0 Å². The number of amides is 1. The van der Waals surface area contributed by atoms with Gasteiger partial charge in [0, 0.05) is 16.6 Å². The van der Waals surface area contributed by atoms with Gasteiger partial charge in [0.15, 0.2) is 0 Å². The number of carbonyl (C=O) groups is 1. The Labute approximate surface area is 138 Å². The topological polar surface area (TPSA) is 41.1 Å². The van der Waals surface area contributed by atoms with Crippen LogP contribution in [-0.4, -0.2) is 12.5 Å². The van der Waals surface area contributed by atoms with Crippen LogP contribution in [0.25, 0.3) is 0 Å². The fraction of sp³-hybridized carbons (Fsp3) is 0.133. The average Bonchev–Trinajstić information content (AvgIpc) is 2.44. The Balaban J connectivity index is 1.84. The summed E-state index contributed by atoms with van der Waals surface area (Å²) in [6.45, 7) is 0.672. The number of carbonyl (C=O) groups excluding carboxylic acids is 1. The molecule has 0 saturated carbocycles. The molecule has 0 aliphatic heterocycles. The monoisotopic (exact) mass is 342 g/mol. The van der Waals surface area contributed by atoms with E-state index in [1.807, 2.05) is 24.3 Å². The minimum atomic E-state index is -0.189. The van der Waals surface area contributed by atoms with Crippen molar-refractivity contribution in [1.29, 1.82) is 0 Å². The molecule has 1 amide bonds. The van der Waals surface area contributed by atoms with Gasteiger partial charge in [-0.15, -0.1) is 0 Å². The molecule has 21 heavy (non-hydrogen) atoms. The Hall–Kier alpha value is -1.26. The Morgan fingerprint density at radius 2 is 1.76 bits per heavy atom. The summed E-state index contributed by atoms with van der Waals surface area (Å²) in [5, 5.41) is 7.34. The van der Waals surface area contributed by atoms with Crippen molar-refractivity contribution in [2.45, 2.75) is 6.54 Å². The van der Waals surface area contributed by atoms with Gasteiger partial charge in [-0.1, -0.05) is 53.0 Å². The van der Waals surface area contributed by atoms with Crippen molar-refractivity contribution in [2.75, 3.05) is 11.9 Å². The maximum absolute atomic E-state index is 11.8. The number of rotatable bonds is 5. The summed E-state index contributed by atoms with van der Waals surface area (Å²) in [4.78, 5) is 11.8. The van der Waals surface area contributed by atoms with Crippen molar-refractivity contribution in [1.82, 2.24) is 5.32 Å². The van der Waals surface area contributed by atoms with E-state index in [-0.39, 0.29) is 12.5 Å². The predicted octanol–water partition coefficient (Wildman–Crippen LogP) is 4.38. The first-order chi connectivity index (χ1) is 10.1. The molecule has 0 unspecified atom stereocenters. The number of hydrogen-bond acceptors (Lipinski definition) is 2. The molecule has 2 rings (SSSR count). The fourth-order valence-corrected chi connectivity index (χ4v) is 2.40. The maximum Gasteiger partial charge on any atom is 0.238 e. The van der Waals surface area contributed by atoms with Crippen LogP contribution in [0.15, 0.2) is 42.5 Å². The zero-order valence-electron chi connectivity index (χ0n) is 11.0. The van der Waals surface area contributed by atoms with E-state index in [0.717, 1.165) is 5.56 Å². The molecule has 0 aromatic heterocycles.